The van der Waals surface area contributed by atoms with Gasteiger partial charge in [0.1, 0.15) is 11.5 Å². The predicted molar refractivity (Wildman–Crippen MR) is 92.2 cm³/mol. The summed E-state index contributed by atoms with van der Waals surface area (Å²) in [5.41, 5.74) is 2.21. The fourth-order valence-corrected chi connectivity index (χ4v) is 4.00. The van der Waals surface area contributed by atoms with Crippen molar-refractivity contribution in [3.8, 4) is 0 Å². The lowest BCUT2D eigenvalue weighted by Gasteiger charge is -2.35. The Morgan fingerprint density at radius 3 is 2.77 bits per heavy atom. The Hall–Kier alpha value is -2.64. The average Bonchev–Trinajstić information content (AvgIpc) is 3.06. The molecule has 138 valence electrons. The number of amides is 2. The van der Waals surface area contributed by atoms with Crippen LogP contribution in [-0.2, 0) is 18.4 Å². The van der Waals surface area contributed by atoms with Gasteiger partial charge in [-0.25, -0.2) is 0 Å². The molecule has 2 aromatic rings. The van der Waals surface area contributed by atoms with Crippen molar-refractivity contribution >= 4 is 11.8 Å². The molecule has 3 aliphatic rings. The zero-order chi connectivity index (χ0) is 18.4. The number of hydrogen-bond donors (Lipinski definition) is 0. The molecule has 26 heavy (non-hydrogen) atoms. The fourth-order valence-electron chi connectivity index (χ4n) is 4.00. The van der Waals surface area contributed by atoms with E-state index in [4.69, 9.17) is 4.52 Å². The molecule has 8 heteroatoms. The lowest BCUT2D eigenvalue weighted by molar-refractivity contribution is -0.140. The van der Waals surface area contributed by atoms with Gasteiger partial charge in [0, 0.05) is 37.9 Å². The van der Waals surface area contributed by atoms with Crippen molar-refractivity contribution < 1.29 is 14.1 Å². The molecule has 0 aliphatic carbocycles. The molecule has 3 fully saturated rings. The minimum Gasteiger partial charge on any atom is -0.361 e. The summed E-state index contributed by atoms with van der Waals surface area (Å²) in [5.74, 6) is 0.616. The van der Waals surface area contributed by atoms with Crippen LogP contribution in [-0.4, -0.2) is 55.7 Å². The van der Waals surface area contributed by atoms with E-state index in [0.717, 1.165) is 29.9 Å². The van der Waals surface area contributed by atoms with Gasteiger partial charge in [0.2, 0.25) is 5.91 Å². The molecular formula is C18H23N5O3. The summed E-state index contributed by atoms with van der Waals surface area (Å²) in [6, 6.07) is 1.74. The Balaban J connectivity index is 1.57. The monoisotopic (exact) mass is 357 g/mol. The molecular weight excluding hydrogens is 334 g/mol. The molecule has 0 saturated carbocycles. The number of carbonyl (C=O) groups is 2. The molecule has 0 N–H and O–H groups in total. The number of nitrogens with zero attached hydrogens (tertiary/aromatic N) is 5. The molecule has 8 nitrogen and oxygen atoms in total. The van der Waals surface area contributed by atoms with Gasteiger partial charge in [0.15, 0.2) is 0 Å². The van der Waals surface area contributed by atoms with Crippen molar-refractivity contribution in [3.63, 3.8) is 0 Å². The van der Waals surface area contributed by atoms with Crippen LogP contribution in [0.15, 0.2) is 16.8 Å². The van der Waals surface area contributed by atoms with Crippen LogP contribution in [0, 0.1) is 19.8 Å². The largest absolute Gasteiger partial charge is 0.361 e. The molecule has 2 amide bonds. The van der Waals surface area contributed by atoms with Crippen molar-refractivity contribution in [2.75, 3.05) is 13.1 Å². The van der Waals surface area contributed by atoms with E-state index in [0.29, 0.717) is 25.3 Å². The molecule has 0 unspecified atom stereocenters. The lowest BCUT2D eigenvalue weighted by atomic mass is 9.93. The lowest BCUT2D eigenvalue weighted by Crippen LogP contribution is -2.47. The van der Waals surface area contributed by atoms with E-state index in [2.05, 4.69) is 10.3 Å². The molecule has 2 bridgehead atoms. The molecule has 3 saturated heterocycles. The first-order chi connectivity index (χ1) is 12.4. The standard InChI is InChI=1S/C18H23N5O3/c1-11-15(12(2)26-20-11)10-23-14-5-4-13(17(23)24)8-22(9-14)18(25)16-6-7-21(3)19-16/h6-7,13-14H,4-5,8-10H2,1-3H3/t13-,14+/m1/s1. The van der Waals surface area contributed by atoms with E-state index in [1.54, 1.807) is 28.9 Å². The van der Waals surface area contributed by atoms with Gasteiger partial charge in [0.25, 0.3) is 5.91 Å². The second kappa shape index (κ2) is 6.26. The Morgan fingerprint density at radius 2 is 2.12 bits per heavy atom. The van der Waals surface area contributed by atoms with Gasteiger partial charge in [-0.15, -0.1) is 0 Å². The van der Waals surface area contributed by atoms with Crippen molar-refractivity contribution in [1.82, 2.24) is 24.7 Å². The number of piperidine rings is 1. The molecule has 3 aliphatic heterocycles. The minimum absolute atomic E-state index is 0.0163. The summed E-state index contributed by atoms with van der Waals surface area (Å²) < 4.78 is 6.86. The quantitative estimate of drug-likeness (QED) is 0.826. The van der Waals surface area contributed by atoms with Gasteiger partial charge < -0.3 is 14.3 Å². The number of rotatable bonds is 3. The Bertz CT molecular complexity index is 835. The fraction of sp³-hybridized carbons (Fsp3) is 0.556. The maximum absolute atomic E-state index is 13.0. The first kappa shape index (κ1) is 16.8. The number of carbonyl (C=O) groups excluding carboxylic acids is 2. The van der Waals surface area contributed by atoms with Gasteiger partial charge in [-0.05, 0) is 32.8 Å². The second-order valence-corrected chi connectivity index (χ2v) is 7.28. The van der Waals surface area contributed by atoms with Gasteiger partial charge >= 0.3 is 0 Å². The maximum Gasteiger partial charge on any atom is 0.274 e. The molecule has 2 atom stereocenters. The van der Waals surface area contributed by atoms with Crippen molar-refractivity contribution in [2.24, 2.45) is 13.0 Å². The summed E-state index contributed by atoms with van der Waals surface area (Å²) >= 11 is 0. The van der Waals surface area contributed by atoms with Crippen LogP contribution in [0.4, 0.5) is 0 Å². The summed E-state index contributed by atoms with van der Waals surface area (Å²) in [6.45, 7) is 5.26. The van der Waals surface area contributed by atoms with E-state index in [1.165, 1.54) is 0 Å². The van der Waals surface area contributed by atoms with Crippen LogP contribution < -0.4 is 0 Å². The topological polar surface area (TPSA) is 84.5 Å². The zero-order valence-electron chi connectivity index (χ0n) is 15.3. The summed E-state index contributed by atoms with van der Waals surface area (Å²) in [4.78, 5) is 29.5. The Labute approximate surface area is 151 Å². The number of hydrogen-bond acceptors (Lipinski definition) is 5. The summed E-state index contributed by atoms with van der Waals surface area (Å²) in [5, 5.41) is 8.20. The highest BCUT2D eigenvalue weighted by atomic mass is 16.5. The van der Waals surface area contributed by atoms with Crippen molar-refractivity contribution in [2.45, 2.75) is 39.3 Å². The highest BCUT2D eigenvalue weighted by Crippen LogP contribution is 2.31. The van der Waals surface area contributed by atoms with Crippen LogP contribution in [0.1, 0.15) is 40.3 Å². The predicted octanol–water partition coefficient (Wildman–Crippen LogP) is 1.29. The molecule has 0 spiro atoms. The third kappa shape index (κ3) is 2.79. The number of aromatic nitrogens is 3. The third-order valence-corrected chi connectivity index (χ3v) is 5.52. The highest BCUT2D eigenvalue weighted by Gasteiger charge is 2.42. The van der Waals surface area contributed by atoms with Crippen molar-refractivity contribution in [1.29, 1.82) is 0 Å². The summed E-state index contributed by atoms with van der Waals surface area (Å²) in [6.07, 6.45) is 3.49. The van der Waals surface area contributed by atoms with E-state index in [-0.39, 0.29) is 23.8 Å². The van der Waals surface area contributed by atoms with Crippen LogP contribution in [0.3, 0.4) is 0 Å². The first-order valence-corrected chi connectivity index (χ1v) is 8.95. The first-order valence-electron chi connectivity index (χ1n) is 8.95. The van der Waals surface area contributed by atoms with Crippen LogP contribution >= 0.6 is 0 Å². The van der Waals surface area contributed by atoms with E-state index >= 15 is 0 Å². The zero-order valence-corrected chi connectivity index (χ0v) is 15.3. The van der Waals surface area contributed by atoms with Crippen LogP contribution in [0.2, 0.25) is 0 Å². The molecule has 5 heterocycles. The third-order valence-electron chi connectivity index (χ3n) is 5.52. The maximum atomic E-state index is 13.0. The summed E-state index contributed by atoms with van der Waals surface area (Å²) in [7, 11) is 1.79. The van der Waals surface area contributed by atoms with Crippen molar-refractivity contribution in [3.05, 3.63) is 35.0 Å². The molecule has 2 aromatic heterocycles. The van der Waals surface area contributed by atoms with Gasteiger partial charge in [0.05, 0.1) is 18.2 Å². The van der Waals surface area contributed by atoms with Gasteiger partial charge in [-0.1, -0.05) is 5.16 Å². The van der Waals surface area contributed by atoms with Gasteiger partial charge in [-0.3, -0.25) is 14.3 Å². The molecule has 0 aromatic carbocycles. The number of aryl methyl sites for hydroxylation is 3. The van der Waals surface area contributed by atoms with Crippen LogP contribution in [0.25, 0.3) is 0 Å². The average molecular weight is 357 g/mol. The van der Waals surface area contributed by atoms with E-state index in [9.17, 15) is 9.59 Å². The molecule has 5 rings (SSSR count). The molecule has 0 radical (unpaired) electrons. The second-order valence-electron chi connectivity index (χ2n) is 7.28. The SMILES string of the molecule is Cc1noc(C)c1CN1C(=O)[C@@H]2CC[C@H]1CN(C(=O)c1ccn(C)n1)C2. The smallest absolute Gasteiger partial charge is 0.274 e. The highest BCUT2D eigenvalue weighted by molar-refractivity contribution is 5.93. The Morgan fingerprint density at radius 1 is 1.31 bits per heavy atom. The van der Waals surface area contributed by atoms with Gasteiger partial charge in [-0.2, -0.15) is 5.10 Å². The number of fused-ring (bicyclic) bond motifs is 4. The van der Waals surface area contributed by atoms with Crippen LogP contribution in [0.5, 0.6) is 0 Å². The minimum atomic E-state index is -0.151. The Kier molecular flexibility index (Phi) is 4.05. The van der Waals surface area contributed by atoms with E-state index in [1.807, 2.05) is 18.7 Å². The normalized spacial score (nSPS) is 22.8. The van der Waals surface area contributed by atoms with E-state index < -0.39 is 0 Å².